The molecule has 106 valence electrons. The molecule has 3 nitrogen and oxygen atoms in total. The Hall–Kier alpha value is -1.13. The minimum absolute atomic E-state index is 0.0769. The Bertz CT molecular complexity index is 437. The number of amides is 1. The van der Waals surface area contributed by atoms with Crippen LogP contribution in [0.25, 0.3) is 0 Å². The van der Waals surface area contributed by atoms with Crippen LogP contribution in [0.4, 0.5) is 4.39 Å². The summed E-state index contributed by atoms with van der Waals surface area (Å²) >= 11 is 5.84. The van der Waals surface area contributed by atoms with E-state index in [2.05, 4.69) is 5.32 Å². The molecule has 0 saturated heterocycles. The summed E-state index contributed by atoms with van der Waals surface area (Å²) in [7, 11) is 0. The number of carbonyl (C=O) groups is 1. The molecule has 0 saturated carbocycles. The van der Waals surface area contributed by atoms with Crippen molar-refractivity contribution in [3.63, 3.8) is 0 Å². The minimum Gasteiger partial charge on any atom is -0.391 e. The Morgan fingerprint density at radius 2 is 2.16 bits per heavy atom. The van der Waals surface area contributed by atoms with E-state index in [4.69, 9.17) is 11.6 Å². The standard InChI is InChI=1S/C14H19ClFNO2/c1-9(2)5-12(18)8-17-14(19)6-10-3-4-11(16)7-13(10)15/h3-4,7,9,12,18H,5-6,8H2,1-2H3,(H,17,19). The SMILES string of the molecule is CC(C)CC(O)CNC(=O)Cc1ccc(F)cc1Cl. The number of hydrogen-bond donors (Lipinski definition) is 2. The fraction of sp³-hybridized carbons (Fsp3) is 0.500. The van der Waals surface area contributed by atoms with Gasteiger partial charge in [0.15, 0.2) is 0 Å². The van der Waals surface area contributed by atoms with Crippen molar-refractivity contribution in [2.45, 2.75) is 32.8 Å². The Morgan fingerprint density at radius 3 is 2.74 bits per heavy atom. The molecule has 1 unspecified atom stereocenters. The van der Waals surface area contributed by atoms with Crippen molar-refractivity contribution in [1.29, 1.82) is 0 Å². The fourth-order valence-corrected chi connectivity index (χ4v) is 1.99. The Kier molecular flexibility index (Phi) is 6.25. The molecular weight excluding hydrogens is 269 g/mol. The first-order valence-electron chi connectivity index (χ1n) is 6.27. The lowest BCUT2D eigenvalue weighted by atomic mass is 10.1. The Morgan fingerprint density at radius 1 is 1.47 bits per heavy atom. The van der Waals surface area contributed by atoms with E-state index in [9.17, 15) is 14.3 Å². The van der Waals surface area contributed by atoms with Crippen LogP contribution in [0.5, 0.6) is 0 Å². The molecular formula is C14H19ClFNO2. The molecule has 1 aromatic carbocycles. The van der Waals surface area contributed by atoms with Gasteiger partial charge in [-0.1, -0.05) is 31.5 Å². The maximum absolute atomic E-state index is 12.8. The average molecular weight is 288 g/mol. The molecule has 19 heavy (non-hydrogen) atoms. The second-order valence-corrected chi connectivity index (χ2v) is 5.41. The van der Waals surface area contributed by atoms with Crippen molar-refractivity contribution in [2.24, 2.45) is 5.92 Å². The minimum atomic E-state index is -0.548. The van der Waals surface area contributed by atoms with Gasteiger partial charge in [0.1, 0.15) is 5.82 Å². The highest BCUT2D eigenvalue weighted by Crippen LogP contribution is 2.17. The van der Waals surface area contributed by atoms with Gasteiger partial charge in [-0.2, -0.15) is 0 Å². The molecule has 2 N–H and O–H groups in total. The van der Waals surface area contributed by atoms with Gasteiger partial charge in [0.05, 0.1) is 12.5 Å². The highest BCUT2D eigenvalue weighted by Gasteiger charge is 2.11. The van der Waals surface area contributed by atoms with Crippen LogP contribution in [-0.2, 0) is 11.2 Å². The largest absolute Gasteiger partial charge is 0.391 e. The van der Waals surface area contributed by atoms with Crippen molar-refractivity contribution in [3.05, 3.63) is 34.6 Å². The van der Waals surface area contributed by atoms with Crippen LogP contribution in [0.15, 0.2) is 18.2 Å². The monoisotopic (exact) mass is 287 g/mol. The molecule has 0 aliphatic heterocycles. The van der Waals surface area contributed by atoms with E-state index in [-0.39, 0.29) is 23.9 Å². The Balaban J connectivity index is 2.43. The molecule has 5 heteroatoms. The van der Waals surface area contributed by atoms with Gasteiger partial charge in [-0.25, -0.2) is 4.39 Å². The van der Waals surface area contributed by atoms with Crippen LogP contribution >= 0.6 is 11.6 Å². The summed E-state index contributed by atoms with van der Waals surface area (Å²) in [5, 5.41) is 12.5. The van der Waals surface area contributed by atoms with Gasteiger partial charge in [-0.3, -0.25) is 4.79 Å². The third-order valence-corrected chi connectivity index (χ3v) is 3.00. The molecule has 0 radical (unpaired) electrons. The second-order valence-electron chi connectivity index (χ2n) is 5.00. The molecule has 0 heterocycles. The molecule has 1 amide bonds. The van der Waals surface area contributed by atoms with Gasteiger partial charge >= 0.3 is 0 Å². The zero-order valence-corrected chi connectivity index (χ0v) is 11.9. The van der Waals surface area contributed by atoms with E-state index in [1.54, 1.807) is 0 Å². The molecule has 0 spiro atoms. The fourth-order valence-electron chi connectivity index (χ4n) is 1.76. The summed E-state index contributed by atoms with van der Waals surface area (Å²) in [6.45, 7) is 4.22. The van der Waals surface area contributed by atoms with Gasteiger partial charge < -0.3 is 10.4 Å². The Labute approximate surface area is 117 Å². The van der Waals surface area contributed by atoms with Crippen molar-refractivity contribution in [2.75, 3.05) is 6.54 Å². The van der Waals surface area contributed by atoms with E-state index in [0.717, 1.165) is 0 Å². The maximum atomic E-state index is 12.8. The smallest absolute Gasteiger partial charge is 0.224 e. The summed E-state index contributed by atoms with van der Waals surface area (Å²) in [5.41, 5.74) is 0.568. The van der Waals surface area contributed by atoms with Crippen LogP contribution in [0.2, 0.25) is 5.02 Å². The predicted octanol–water partition coefficient (Wildman–Crippen LogP) is 2.54. The molecule has 1 aromatic rings. The number of benzene rings is 1. The number of halogens is 2. The third kappa shape index (κ3) is 6.03. The normalized spacial score (nSPS) is 12.5. The lowest BCUT2D eigenvalue weighted by Crippen LogP contribution is -2.33. The quantitative estimate of drug-likeness (QED) is 0.845. The molecule has 0 fully saturated rings. The predicted molar refractivity (Wildman–Crippen MR) is 73.6 cm³/mol. The number of nitrogens with one attached hydrogen (secondary N) is 1. The average Bonchev–Trinajstić information content (AvgIpc) is 2.29. The van der Waals surface area contributed by atoms with Gasteiger partial charge in [0, 0.05) is 11.6 Å². The number of carbonyl (C=O) groups excluding carboxylic acids is 1. The van der Waals surface area contributed by atoms with Crippen LogP contribution in [0, 0.1) is 11.7 Å². The highest BCUT2D eigenvalue weighted by molar-refractivity contribution is 6.31. The second kappa shape index (κ2) is 7.46. The first-order chi connectivity index (χ1) is 8.88. The van der Waals surface area contributed by atoms with E-state index in [1.165, 1.54) is 18.2 Å². The topological polar surface area (TPSA) is 49.3 Å². The van der Waals surface area contributed by atoms with Crippen molar-refractivity contribution in [1.82, 2.24) is 5.32 Å². The molecule has 0 aliphatic rings. The van der Waals surface area contributed by atoms with Crippen LogP contribution < -0.4 is 5.32 Å². The van der Waals surface area contributed by atoms with E-state index in [1.807, 2.05) is 13.8 Å². The maximum Gasteiger partial charge on any atom is 0.224 e. The first-order valence-corrected chi connectivity index (χ1v) is 6.65. The van der Waals surface area contributed by atoms with E-state index < -0.39 is 11.9 Å². The molecule has 0 aromatic heterocycles. The van der Waals surface area contributed by atoms with Crippen molar-refractivity contribution < 1.29 is 14.3 Å². The molecule has 1 atom stereocenters. The number of aliphatic hydroxyl groups excluding tert-OH is 1. The van der Waals surface area contributed by atoms with Crippen molar-refractivity contribution in [3.8, 4) is 0 Å². The zero-order valence-electron chi connectivity index (χ0n) is 11.1. The summed E-state index contributed by atoms with van der Waals surface area (Å²) < 4.78 is 12.8. The van der Waals surface area contributed by atoms with E-state index in [0.29, 0.717) is 17.9 Å². The molecule has 0 aliphatic carbocycles. The van der Waals surface area contributed by atoms with Crippen molar-refractivity contribution >= 4 is 17.5 Å². The zero-order chi connectivity index (χ0) is 14.4. The summed E-state index contributed by atoms with van der Waals surface area (Å²) in [6.07, 6.45) is 0.165. The summed E-state index contributed by atoms with van der Waals surface area (Å²) in [5.74, 6) is -0.295. The third-order valence-electron chi connectivity index (χ3n) is 2.64. The number of rotatable bonds is 6. The van der Waals surface area contributed by atoms with Crippen LogP contribution in [0.1, 0.15) is 25.8 Å². The van der Waals surface area contributed by atoms with E-state index >= 15 is 0 Å². The lowest BCUT2D eigenvalue weighted by molar-refractivity contribution is -0.120. The summed E-state index contributed by atoms with van der Waals surface area (Å²) in [4.78, 5) is 11.7. The molecule has 0 bridgehead atoms. The number of aliphatic hydroxyl groups is 1. The first kappa shape index (κ1) is 15.9. The van der Waals surface area contributed by atoms with Crippen LogP contribution in [-0.4, -0.2) is 23.7 Å². The molecule has 1 rings (SSSR count). The van der Waals surface area contributed by atoms with Gasteiger partial charge in [0.25, 0.3) is 0 Å². The highest BCUT2D eigenvalue weighted by atomic mass is 35.5. The summed E-state index contributed by atoms with van der Waals surface area (Å²) in [6, 6.07) is 3.93. The lowest BCUT2D eigenvalue weighted by Gasteiger charge is -2.14. The van der Waals surface area contributed by atoms with Crippen LogP contribution in [0.3, 0.4) is 0 Å². The number of hydrogen-bond acceptors (Lipinski definition) is 2. The van der Waals surface area contributed by atoms with Gasteiger partial charge in [-0.05, 0) is 30.0 Å². The van der Waals surface area contributed by atoms with Gasteiger partial charge in [0.2, 0.25) is 5.91 Å². The van der Waals surface area contributed by atoms with Gasteiger partial charge in [-0.15, -0.1) is 0 Å².